The Morgan fingerprint density at radius 1 is 1.35 bits per heavy atom. The van der Waals surface area contributed by atoms with Crippen LogP contribution in [0.25, 0.3) is 16.6 Å². The topological polar surface area (TPSA) is 76.4 Å². The van der Waals surface area contributed by atoms with Crippen molar-refractivity contribution in [1.29, 1.82) is 0 Å². The number of para-hydroxylation sites is 1. The van der Waals surface area contributed by atoms with E-state index in [1.54, 1.807) is 4.52 Å². The molecule has 0 aliphatic carbocycles. The number of fused-ring (bicyclic) bond motifs is 3. The molecule has 1 N–H and O–H groups in total. The molecule has 4 rings (SSSR count). The molecule has 1 saturated heterocycles. The van der Waals surface area contributed by atoms with E-state index in [4.69, 9.17) is 11.6 Å². The molecular formula is C15H15ClN4O2S. The van der Waals surface area contributed by atoms with Crippen LogP contribution in [0.15, 0.2) is 24.3 Å². The molecule has 1 aliphatic heterocycles. The van der Waals surface area contributed by atoms with E-state index in [0.717, 1.165) is 10.9 Å². The standard InChI is InChI=1S/C15H15ClN4O2S/c1-9-13(16)15-18-14(17-10-6-7-23(21,22)8-10)11-4-2-3-5-12(11)20(15)19-9/h2-5,10H,6-8H2,1H3,(H,17,18). The van der Waals surface area contributed by atoms with E-state index in [2.05, 4.69) is 15.4 Å². The summed E-state index contributed by atoms with van der Waals surface area (Å²) in [6.45, 7) is 1.84. The fourth-order valence-corrected chi connectivity index (χ4v) is 4.83. The van der Waals surface area contributed by atoms with Crippen LogP contribution in [0.4, 0.5) is 5.82 Å². The third kappa shape index (κ3) is 2.44. The van der Waals surface area contributed by atoms with Crippen LogP contribution in [-0.4, -0.2) is 40.6 Å². The molecule has 23 heavy (non-hydrogen) atoms. The second-order valence-corrected chi connectivity index (χ2v) is 8.46. The molecule has 1 fully saturated rings. The van der Waals surface area contributed by atoms with Crippen molar-refractivity contribution in [2.24, 2.45) is 0 Å². The molecule has 1 atom stereocenters. The summed E-state index contributed by atoms with van der Waals surface area (Å²) in [5.41, 5.74) is 2.17. The number of nitrogens with zero attached hydrogens (tertiary/aromatic N) is 3. The third-order valence-corrected chi connectivity index (χ3v) is 6.35. The summed E-state index contributed by atoms with van der Waals surface area (Å²) in [6, 6.07) is 7.61. The Morgan fingerprint density at radius 3 is 2.87 bits per heavy atom. The minimum atomic E-state index is -2.95. The van der Waals surface area contributed by atoms with Crippen LogP contribution < -0.4 is 5.32 Å². The first-order chi connectivity index (χ1) is 10.9. The highest BCUT2D eigenvalue weighted by atomic mass is 35.5. The van der Waals surface area contributed by atoms with Gasteiger partial charge in [-0.25, -0.2) is 17.9 Å². The normalized spacial score (nSPS) is 20.3. The maximum atomic E-state index is 11.7. The fourth-order valence-electron chi connectivity index (χ4n) is 3.00. The first-order valence-electron chi connectivity index (χ1n) is 7.35. The van der Waals surface area contributed by atoms with Gasteiger partial charge in [0.25, 0.3) is 0 Å². The van der Waals surface area contributed by atoms with E-state index in [0.29, 0.717) is 28.6 Å². The lowest BCUT2D eigenvalue weighted by molar-refractivity contribution is 0.602. The van der Waals surface area contributed by atoms with Crippen LogP contribution in [0, 0.1) is 6.92 Å². The molecule has 3 aromatic rings. The number of rotatable bonds is 2. The minimum Gasteiger partial charge on any atom is -0.366 e. The Balaban J connectivity index is 1.89. The van der Waals surface area contributed by atoms with Gasteiger partial charge in [-0.15, -0.1) is 0 Å². The van der Waals surface area contributed by atoms with Crippen LogP contribution in [0.2, 0.25) is 5.02 Å². The number of benzene rings is 1. The monoisotopic (exact) mass is 350 g/mol. The predicted octanol–water partition coefficient (Wildman–Crippen LogP) is 2.44. The van der Waals surface area contributed by atoms with Crippen LogP contribution >= 0.6 is 11.6 Å². The van der Waals surface area contributed by atoms with E-state index in [1.807, 2.05) is 31.2 Å². The molecule has 1 aromatic carbocycles. The zero-order valence-corrected chi connectivity index (χ0v) is 14.0. The van der Waals surface area contributed by atoms with Crippen molar-refractivity contribution in [2.75, 3.05) is 16.8 Å². The summed E-state index contributed by atoms with van der Waals surface area (Å²) in [5.74, 6) is 1.01. The van der Waals surface area contributed by atoms with E-state index in [-0.39, 0.29) is 17.5 Å². The van der Waals surface area contributed by atoms with E-state index < -0.39 is 9.84 Å². The number of halogens is 1. The van der Waals surface area contributed by atoms with Crippen molar-refractivity contribution >= 4 is 43.8 Å². The van der Waals surface area contributed by atoms with E-state index in [1.165, 1.54) is 0 Å². The van der Waals surface area contributed by atoms with E-state index >= 15 is 0 Å². The quantitative estimate of drug-likeness (QED) is 0.768. The van der Waals surface area contributed by atoms with Crippen molar-refractivity contribution in [2.45, 2.75) is 19.4 Å². The van der Waals surface area contributed by atoms with Gasteiger partial charge in [0.15, 0.2) is 15.5 Å². The van der Waals surface area contributed by atoms with Crippen LogP contribution in [0.3, 0.4) is 0 Å². The Bertz CT molecular complexity index is 1030. The second-order valence-electron chi connectivity index (χ2n) is 5.86. The highest BCUT2D eigenvalue weighted by molar-refractivity contribution is 7.91. The lowest BCUT2D eigenvalue weighted by Crippen LogP contribution is -2.21. The van der Waals surface area contributed by atoms with Gasteiger partial charge in [-0.1, -0.05) is 23.7 Å². The lowest BCUT2D eigenvalue weighted by atomic mass is 10.2. The summed E-state index contributed by atoms with van der Waals surface area (Å²) in [7, 11) is -2.95. The molecular weight excluding hydrogens is 336 g/mol. The van der Waals surface area contributed by atoms with Gasteiger partial charge in [0.2, 0.25) is 0 Å². The average Bonchev–Trinajstić information content (AvgIpc) is 3.00. The summed E-state index contributed by atoms with van der Waals surface area (Å²) >= 11 is 6.31. The number of nitrogens with one attached hydrogen (secondary N) is 1. The summed E-state index contributed by atoms with van der Waals surface area (Å²) in [6.07, 6.45) is 0.593. The molecule has 0 bridgehead atoms. The molecule has 3 heterocycles. The SMILES string of the molecule is Cc1nn2c(nc(NC3CCS(=O)(=O)C3)c3ccccc32)c1Cl. The average molecular weight is 351 g/mol. The molecule has 1 aliphatic rings. The Hall–Kier alpha value is -1.86. The number of aryl methyl sites for hydroxylation is 1. The van der Waals surface area contributed by atoms with Crippen LogP contribution in [-0.2, 0) is 9.84 Å². The van der Waals surface area contributed by atoms with Gasteiger partial charge in [-0.05, 0) is 25.5 Å². The van der Waals surface area contributed by atoms with Gasteiger partial charge < -0.3 is 5.32 Å². The Labute approximate surface area is 138 Å². The van der Waals surface area contributed by atoms with Crippen LogP contribution in [0.5, 0.6) is 0 Å². The summed E-state index contributed by atoms with van der Waals surface area (Å²) < 4.78 is 25.1. The van der Waals surface area contributed by atoms with Gasteiger partial charge >= 0.3 is 0 Å². The molecule has 1 unspecified atom stereocenters. The molecule has 0 amide bonds. The number of anilines is 1. The molecule has 0 spiro atoms. The van der Waals surface area contributed by atoms with Gasteiger partial charge in [0.1, 0.15) is 10.8 Å². The third-order valence-electron chi connectivity index (χ3n) is 4.14. The Kier molecular flexibility index (Phi) is 3.24. The van der Waals surface area contributed by atoms with E-state index in [9.17, 15) is 8.42 Å². The summed E-state index contributed by atoms with van der Waals surface area (Å²) in [4.78, 5) is 4.60. The zero-order chi connectivity index (χ0) is 16.2. The smallest absolute Gasteiger partial charge is 0.176 e. The fraction of sp³-hybridized carbons (Fsp3) is 0.333. The predicted molar refractivity (Wildman–Crippen MR) is 90.9 cm³/mol. The zero-order valence-electron chi connectivity index (χ0n) is 12.5. The Morgan fingerprint density at radius 2 is 2.13 bits per heavy atom. The number of aromatic nitrogens is 3. The van der Waals surface area contributed by atoms with Crippen molar-refractivity contribution in [3.05, 3.63) is 35.0 Å². The molecule has 0 radical (unpaired) electrons. The highest BCUT2D eigenvalue weighted by Gasteiger charge is 2.28. The first-order valence-corrected chi connectivity index (χ1v) is 9.55. The molecule has 120 valence electrons. The van der Waals surface area contributed by atoms with Gasteiger partial charge in [0, 0.05) is 11.4 Å². The van der Waals surface area contributed by atoms with Crippen molar-refractivity contribution < 1.29 is 8.42 Å². The van der Waals surface area contributed by atoms with Gasteiger partial charge in [0.05, 0.1) is 22.7 Å². The molecule has 2 aromatic heterocycles. The number of sulfone groups is 1. The van der Waals surface area contributed by atoms with Gasteiger partial charge in [-0.3, -0.25) is 0 Å². The molecule has 8 heteroatoms. The number of hydrogen-bond donors (Lipinski definition) is 1. The van der Waals surface area contributed by atoms with Crippen LogP contribution in [0.1, 0.15) is 12.1 Å². The first kappa shape index (κ1) is 14.7. The lowest BCUT2D eigenvalue weighted by Gasteiger charge is -2.14. The molecule has 6 nitrogen and oxygen atoms in total. The van der Waals surface area contributed by atoms with Crippen molar-refractivity contribution in [3.8, 4) is 0 Å². The molecule has 0 saturated carbocycles. The van der Waals surface area contributed by atoms with Gasteiger partial charge in [-0.2, -0.15) is 5.10 Å². The van der Waals surface area contributed by atoms with Crippen molar-refractivity contribution in [1.82, 2.24) is 14.6 Å². The minimum absolute atomic E-state index is 0.124. The van der Waals surface area contributed by atoms with Crippen molar-refractivity contribution in [3.63, 3.8) is 0 Å². The maximum Gasteiger partial charge on any atom is 0.176 e. The largest absolute Gasteiger partial charge is 0.366 e. The maximum absolute atomic E-state index is 11.7. The number of hydrogen-bond acceptors (Lipinski definition) is 5. The second kappa shape index (κ2) is 5.07. The highest BCUT2D eigenvalue weighted by Crippen LogP contribution is 2.29. The summed E-state index contributed by atoms with van der Waals surface area (Å²) in [5, 5.41) is 9.12.